The van der Waals surface area contributed by atoms with E-state index in [1.807, 2.05) is 30.3 Å². The number of hydrogen-bond donors (Lipinski definition) is 3. The third kappa shape index (κ3) is 3.88. The Morgan fingerprint density at radius 2 is 2.24 bits per heavy atom. The number of nitrogens with one attached hydrogen (secondary N) is 2. The number of carbonyl (C=O) groups is 1. The van der Waals surface area contributed by atoms with E-state index in [1.165, 1.54) is 0 Å². The second-order valence-electron chi connectivity index (χ2n) is 5.87. The Kier molecular flexibility index (Phi) is 5.13. The van der Waals surface area contributed by atoms with Crippen LogP contribution in [0.5, 0.6) is 0 Å². The number of urea groups is 1. The molecule has 2 amide bonds. The van der Waals surface area contributed by atoms with Gasteiger partial charge < -0.3 is 16.0 Å². The minimum Gasteiger partial charge on any atom is -0.401 e. The van der Waals surface area contributed by atoms with Crippen LogP contribution in [0, 0.1) is 0 Å². The highest BCUT2D eigenvalue weighted by atomic mass is 16.2. The number of hydrogen-bond acceptors (Lipinski definition) is 4. The molecule has 0 aliphatic carbocycles. The molecule has 0 spiro atoms. The predicted octanol–water partition coefficient (Wildman–Crippen LogP) is 1.69. The number of carbonyl (C=O) groups excluding carboxylic acids is 1. The summed E-state index contributed by atoms with van der Waals surface area (Å²) in [6.07, 6.45) is 4.04. The van der Waals surface area contributed by atoms with Gasteiger partial charge in [0, 0.05) is 48.7 Å². The first-order valence-corrected chi connectivity index (χ1v) is 8.20. The molecule has 0 fully saturated rings. The maximum Gasteiger partial charge on any atom is 0.318 e. The van der Waals surface area contributed by atoms with E-state index in [0.29, 0.717) is 25.3 Å². The van der Waals surface area contributed by atoms with Gasteiger partial charge in [-0.3, -0.25) is 10.1 Å². The van der Waals surface area contributed by atoms with Crippen molar-refractivity contribution in [3.63, 3.8) is 0 Å². The van der Waals surface area contributed by atoms with Gasteiger partial charge in [0.2, 0.25) is 0 Å². The minimum atomic E-state index is -0.129. The SMILES string of the molecule is CN=C/C=C(\N)CNC(=O)N1CCc2[nH]nc(-c3ccccc3)c2C1. The smallest absolute Gasteiger partial charge is 0.318 e. The summed E-state index contributed by atoms with van der Waals surface area (Å²) in [7, 11) is 1.67. The lowest BCUT2D eigenvalue weighted by molar-refractivity contribution is 0.193. The van der Waals surface area contributed by atoms with Gasteiger partial charge in [0.05, 0.1) is 18.8 Å². The van der Waals surface area contributed by atoms with Gasteiger partial charge in [-0.1, -0.05) is 30.3 Å². The van der Waals surface area contributed by atoms with Crippen LogP contribution in [0.25, 0.3) is 11.3 Å². The molecule has 0 unspecified atom stereocenters. The van der Waals surface area contributed by atoms with Gasteiger partial charge in [-0.05, 0) is 6.08 Å². The van der Waals surface area contributed by atoms with Crippen LogP contribution in [0.2, 0.25) is 0 Å². The van der Waals surface area contributed by atoms with Gasteiger partial charge in [0.25, 0.3) is 0 Å². The normalized spacial score (nSPS) is 14.6. The van der Waals surface area contributed by atoms with Crippen molar-refractivity contribution < 1.29 is 4.79 Å². The van der Waals surface area contributed by atoms with E-state index < -0.39 is 0 Å². The van der Waals surface area contributed by atoms with Crippen LogP contribution >= 0.6 is 0 Å². The maximum atomic E-state index is 12.4. The molecule has 0 atom stereocenters. The zero-order valence-corrected chi connectivity index (χ0v) is 14.2. The summed E-state index contributed by atoms with van der Waals surface area (Å²) in [4.78, 5) is 18.0. The Balaban J connectivity index is 1.68. The predicted molar refractivity (Wildman–Crippen MR) is 98.2 cm³/mol. The largest absolute Gasteiger partial charge is 0.401 e. The van der Waals surface area contributed by atoms with Crippen molar-refractivity contribution in [3.8, 4) is 11.3 Å². The van der Waals surface area contributed by atoms with Crippen LogP contribution in [-0.4, -0.2) is 47.5 Å². The molecule has 4 N–H and O–H groups in total. The number of nitrogens with zero attached hydrogens (tertiary/aromatic N) is 3. The first kappa shape index (κ1) is 16.8. The second kappa shape index (κ2) is 7.65. The van der Waals surface area contributed by atoms with Crippen LogP contribution in [0.3, 0.4) is 0 Å². The number of amides is 2. The average Bonchev–Trinajstić information content (AvgIpc) is 3.08. The molecule has 25 heavy (non-hydrogen) atoms. The summed E-state index contributed by atoms with van der Waals surface area (Å²) in [5, 5.41) is 10.4. The summed E-state index contributed by atoms with van der Waals surface area (Å²) in [6.45, 7) is 1.47. The first-order chi connectivity index (χ1) is 12.2. The van der Waals surface area contributed by atoms with Crippen LogP contribution in [-0.2, 0) is 13.0 Å². The van der Waals surface area contributed by atoms with Crippen LogP contribution in [0.15, 0.2) is 47.1 Å². The molecule has 7 nitrogen and oxygen atoms in total. The fourth-order valence-electron chi connectivity index (χ4n) is 2.82. The summed E-state index contributed by atoms with van der Waals surface area (Å²) in [5.41, 5.74) is 10.5. The third-order valence-corrected chi connectivity index (χ3v) is 4.15. The standard InChI is InChI=1S/C18H22N6O/c1-20-9-7-14(19)11-21-18(25)24-10-8-16-15(12-24)17(23-22-16)13-5-3-2-4-6-13/h2-7,9H,8,10-12,19H2,1H3,(H,21,25)(H,22,23)/b14-7-,20-9?. The first-order valence-electron chi connectivity index (χ1n) is 8.20. The van der Waals surface area contributed by atoms with E-state index in [-0.39, 0.29) is 6.03 Å². The Bertz CT molecular complexity index is 793. The average molecular weight is 338 g/mol. The van der Waals surface area contributed by atoms with Gasteiger partial charge in [0.1, 0.15) is 0 Å². The molecule has 1 aliphatic rings. The topological polar surface area (TPSA) is 99.4 Å². The number of aliphatic imine (C=N–C) groups is 1. The molecule has 0 radical (unpaired) electrons. The highest BCUT2D eigenvalue weighted by Gasteiger charge is 2.25. The van der Waals surface area contributed by atoms with E-state index in [0.717, 1.165) is 28.9 Å². The van der Waals surface area contributed by atoms with Crippen molar-refractivity contribution in [3.05, 3.63) is 53.4 Å². The maximum absolute atomic E-state index is 12.4. The van der Waals surface area contributed by atoms with Crippen LogP contribution in [0.1, 0.15) is 11.3 Å². The Morgan fingerprint density at radius 3 is 3.00 bits per heavy atom. The number of aromatic nitrogens is 2. The molecule has 130 valence electrons. The van der Waals surface area contributed by atoms with E-state index >= 15 is 0 Å². The second-order valence-corrected chi connectivity index (χ2v) is 5.87. The van der Waals surface area contributed by atoms with E-state index in [9.17, 15) is 4.79 Å². The van der Waals surface area contributed by atoms with Crippen molar-refractivity contribution in [2.45, 2.75) is 13.0 Å². The summed E-state index contributed by atoms with van der Waals surface area (Å²) >= 11 is 0. The fraction of sp³-hybridized carbons (Fsp3) is 0.278. The molecule has 7 heteroatoms. The lowest BCUT2D eigenvalue weighted by Crippen LogP contribution is -2.43. The van der Waals surface area contributed by atoms with E-state index in [1.54, 1.807) is 24.2 Å². The van der Waals surface area contributed by atoms with Crippen molar-refractivity contribution in [1.29, 1.82) is 0 Å². The Labute approximate surface area is 146 Å². The van der Waals surface area contributed by atoms with Crippen LogP contribution < -0.4 is 11.1 Å². The van der Waals surface area contributed by atoms with Crippen LogP contribution in [0.4, 0.5) is 4.79 Å². The van der Waals surface area contributed by atoms with Crippen molar-refractivity contribution in [2.24, 2.45) is 10.7 Å². The van der Waals surface area contributed by atoms with Gasteiger partial charge in [0.15, 0.2) is 0 Å². The lowest BCUT2D eigenvalue weighted by Gasteiger charge is -2.27. The molecule has 2 aromatic rings. The molecular formula is C18H22N6O. The lowest BCUT2D eigenvalue weighted by atomic mass is 10.0. The zero-order chi connectivity index (χ0) is 17.6. The highest BCUT2D eigenvalue weighted by Crippen LogP contribution is 2.28. The van der Waals surface area contributed by atoms with Gasteiger partial charge in [-0.2, -0.15) is 5.10 Å². The summed E-state index contributed by atoms with van der Waals surface area (Å²) in [6, 6.07) is 9.86. The number of aromatic amines is 1. The quantitative estimate of drug-likeness (QED) is 0.740. The summed E-state index contributed by atoms with van der Waals surface area (Å²) < 4.78 is 0. The van der Waals surface area contributed by atoms with Gasteiger partial charge in [-0.15, -0.1) is 0 Å². The van der Waals surface area contributed by atoms with Gasteiger partial charge >= 0.3 is 6.03 Å². The molecule has 0 bridgehead atoms. The van der Waals surface area contributed by atoms with E-state index in [2.05, 4.69) is 20.5 Å². The zero-order valence-electron chi connectivity index (χ0n) is 14.2. The fourth-order valence-corrected chi connectivity index (χ4v) is 2.82. The minimum absolute atomic E-state index is 0.129. The Hall–Kier alpha value is -3.09. The molecule has 2 heterocycles. The molecule has 0 saturated carbocycles. The monoisotopic (exact) mass is 338 g/mol. The molecule has 0 saturated heterocycles. The molecule has 3 rings (SSSR count). The molecule has 1 aromatic heterocycles. The van der Waals surface area contributed by atoms with Crippen molar-refractivity contribution in [1.82, 2.24) is 20.4 Å². The number of benzene rings is 1. The molecule has 1 aromatic carbocycles. The highest BCUT2D eigenvalue weighted by molar-refractivity contribution is 5.76. The number of allylic oxidation sites excluding steroid dienone is 1. The Morgan fingerprint density at radius 1 is 1.44 bits per heavy atom. The molecule has 1 aliphatic heterocycles. The van der Waals surface area contributed by atoms with Crippen molar-refractivity contribution in [2.75, 3.05) is 20.1 Å². The number of nitrogens with two attached hydrogens (primary N) is 1. The molecular weight excluding hydrogens is 316 g/mol. The van der Waals surface area contributed by atoms with Gasteiger partial charge in [-0.25, -0.2) is 4.79 Å². The number of H-pyrrole nitrogens is 1. The summed E-state index contributed by atoms with van der Waals surface area (Å²) in [5.74, 6) is 0. The number of rotatable bonds is 4. The van der Waals surface area contributed by atoms with Crippen molar-refractivity contribution >= 4 is 12.2 Å². The third-order valence-electron chi connectivity index (χ3n) is 4.15. The van der Waals surface area contributed by atoms with E-state index in [4.69, 9.17) is 5.73 Å². The number of fused-ring (bicyclic) bond motifs is 1.